The van der Waals surface area contributed by atoms with Gasteiger partial charge in [0.05, 0.1) is 23.5 Å². The molecule has 3 aromatic rings. The highest BCUT2D eigenvalue weighted by atomic mass is 32.2. The number of sulfonamides is 1. The number of aliphatic carboxylic acids is 1. The Labute approximate surface area is 213 Å². The first kappa shape index (κ1) is 27.8. The Bertz CT molecular complexity index is 1340. The molecule has 0 saturated carbocycles. The summed E-state index contributed by atoms with van der Waals surface area (Å²) in [7, 11) is -3.88. The summed E-state index contributed by atoms with van der Waals surface area (Å²) in [6.45, 7) is 1.50. The fourth-order valence-corrected chi connectivity index (χ4v) is 5.05. The van der Waals surface area contributed by atoms with E-state index in [4.69, 9.17) is 9.84 Å². The number of carbonyl (C=O) groups is 1. The van der Waals surface area contributed by atoms with E-state index >= 15 is 0 Å². The molecular formula is C27H26F3NO5S. The van der Waals surface area contributed by atoms with Crippen LogP contribution in [-0.4, -0.2) is 25.2 Å². The minimum Gasteiger partial charge on any atom is -0.487 e. The third kappa shape index (κ3) is 7.85. The fraction of sp³-hybridized carbons (Fsp3) is 0.222. The summed E-state index contributed by atoms with van der Waals surface area (Å²) in [5.74, 6) is -1.51. The summed E-state index contributed by atoms with van der Waals surface area (Å²) >= 11 is 0. The van der Waals surface area contributed by atoms with Gasteiger partial charge >= 0.3 is 12.1 Å². The predicted octanol–water partition coefficient (Wildman–Crippen LogP) is 6.13. The summed E-state index contributed by atoms with van der Waals surface area (Å²) in [6, 6.07) is 18.1. The molecule has 0 bridgehead atoms. The number of carboxylic acids is 1. The van der Waals surface area contributed by atoms with E-state index < -0.39 is 27.7 Å². The number of carboxylic acid groups (broad SMARTS) is 1. The second-order valence-electron chi connectivity index (χ2n) is 8.19. The van der Waals surface area contributed by atoms with Gasteiger partial charge in [0.25, 0.3) is 0 Å². The molecule has 0 aromatic heterocycles. The average Bonchev–Trinajstić information content (AvgIpc) is 2.85. The highest BCUT2D eigenvalue weighted by Crippen LogP contribution is 2.39. The van der Waals surface area contributed by atoms with E-state index in [1.54, 1.807) is 61.5 Å². The van der Waals surface area contributed by atoms with Crippen LogP contribution in [0.25, 0.3) is 6.08 Å². The van der Waals surface area contributed by atoms with Crippen LogP contribution in [0.5, 0.6) is 5.75 Å². The summed E-state index contributed by atoms with van der Waals surface area (Å²) in [6.07, 6.45) is -1.94. The van der Waals surface area contributed by atoms with Crippen molar-refractivity contribution < 1.29 is 36.2 Å². The first-order chi connectivity index (χ1) is 17.5. The number of ether oxygens (including phenoxy) is 1. The SMILES string of the molecule is CCCS(=O)(=O)N(Cc1ccccc1)c1ccc(C(F)(F)F)cc1OCc1ccc(/C=C/C(=O)O)cc1. The number of alkyl halides is 3. The third-order valence-corrected chi connectivity index (χ3v) is 7.24. The van der Waals surface area contributed by atoms with Gasteiger partial charge in [-0.1, -0.05) is 61.5 Å². The molecule has 0 aliphatic carbocycles. The van der Waals surface area contributed by atoms with Crippen LogP contribution < -0.4 is 9.04 Å². The topological polar surface area (TPSA) is 83.9 Å². The summed E-state index contributed by atoms with van der Waals surface area (Å²) < 4.78 is 73.7. The molecule has 0 atom stereocenters. The van der Waals surface area contributed by atoms with Gasteiger partial charge in [-0.25, -0.2) is 13.2 Å². The molecule has 196 valence electrons. The zero-order valence-corrected chi connectivity index (χ0v) is 20.8. The van der Waals surface area contributed by atoms with Crippen molar-refractivity contribution in [1.82, 2.24) is 0 Å². The number of anilines is 1. The molecule has 1 N–H and O–H groups in total. The lowest BCUT2D eigenvalue weighted by atomic mass is 10.1. The van der Waals surface area contributed by atoms with E-state index in [-0.39, 0.29) is 30.3 Å². The maximum absolute atomic E-state index is 13.5. The molecule has 37 heavy (non-hydrogen) atoms. The largest absolute Gasteiger partial charge is 0.487 e. The van der Waals surface area contributed by atoms with Gasteiger partial charge in [0.15, 0.2) is 0 Å². The molecular weight excluding hydrogens is 507 g/mol. The summed E-state index contributed by atoms with van der Waals surface area (Å²) in [5.41, 5.74) is 0.921. The molecule has 10 heteroatoms. The number of benzene rings is 3. The van der Waals surface area contributed by atoms with Gasteiger partial charge in [-0.05, 0) is 47.4 Å². The highest BCUT2D eigenvalue weighted by Gasteiger charge is 2.33. The maximum Gasteiger partial charge on any atom is 0.416 e. The van der Waals surface area contributed by atoms with Gasteiger partial charge in [0.1, 0.15) is 12.4 Å². The van der Waals surface area contributed by atoms with Crippen molar-refractivity contribution in [1.29, 1.82) is 0 Å². The lowest BCUT2D eigenvalue weighted by Crippen LogP contribution is -2.33. The van der Waals surface area contributed by atoms with Crippen molar-refractivity contribution in [3.8, 4) is 5.75 Å². The quantitative estimate of drug-likeness (QED) is 0.300. The number of nitrogens with zero attached hydrogens (tertiary/aromatic N) is 1. The second kappa shape index (κ2) is 12.0. The minimum absolute atomic E-state index is 0.00585. The molecule has 3 rings (SSSR count). The van der Waals surface area contributed by atoms with Gasteiger partial charge in [-0.3, -0.25) is 4.31 Å². The second-order valence-corrected chi connectivity index (χ2v) is 10.2. The molecule has 3 aromatic carbocycles. The smallest absolute Gasteiger partial charge is 0.416 e. The van der Waals surface area contributed by atoms with E-state index in [1.807, 2.05) is 0 Å². The molecule has 0 heterocycles. The van der Waals surface area contributed by atoms with E-state index in [1.165, 1.54) is 6.08 Å². The van der Waals surface area contributed by atoms with Crippen LogP contribution in [0, 0.1) is 0 Å². The molecule has 0 aliphatic rings. The van der Waals surface area contributed by atoms with E-state index in [2.05, 4.69) is 0 Å². The van der Waals surface area contributed by atoms with Gasteiger partial charge < -0.3 is 9.84 Å². The first-order valence-corrected chi connectivity index (χ1v) is 13.0. The molecule has 0 fully saturated rings. The Morgan fingerprint density at radius 2 is 1.68 bits per heavy atom. The van der Waals surface area contributed by atoms with E-state index in [0.717, 1.165) is 28.6 Å². The van der Waals surface area contributed by atoms with Gasteiger partial charge in [-0.15, -0.1) is 0 Å². The molecule has 0 spiro atoms. The van der Waals surface area contributed by atoms with Crippen LogP contribution in [0.4, 0.5) is 18.9 Å². The molecule has 6 nitrogen and oxygen atoms in total. The number of halogens is 3. The van der Waals surface area contributed by atoms with E-state index in [0.29, 0.717) is 23.1 Å². The van der Waals surface area contributed by atoms with Crippen molar-refractivity contribution in [3.63, 3.8) is 0 Å². The fourth-order valence-electron chi connectivity index (χ4n) is 3.52. The molecule has 0 unspecified atom stereocenters. The third-order valence-electron chi connectivity index (χ3n) is 5.32. The van der Waals surface area contributed by atoms with Crippen molar-refractivity contribution in [2.24, 2.45) is 0 Å². The predicted molar refractivity (Wildman–Crippen MR) is 136 cm³/mol. The Kier molecular flexibility index (Phi) is 8.99. The monoisotopic (exact) mass is 533 g/mol. The highest BCUT2D eigenvalue weighted by molar-refractivity contribution is 7.92. The summed E-state index contributed by atoms with van der Waals surface area (Å²) in [4.78, 5) is 10.7. The average molecular weight is 534 g/mol. The van der Waals surface area contributed by atoms with Gasteiger partial charge in [0.2, 0.25) is 10.0 Å². The molecule has 0 aliphatic heterocycles. The van der Waals surface area contributed by atoms with Crippen molar-refractivity contribution in [2.75, 3.05) is 10.1 Å². The Morgan fingerprint density at radius 1 is 1.00 bits per heavy atom. The van der Waals surface area contributed by atoms with Crippen LogP contribution in [0.3, 0.4) is 0 Å². The van der Waals surface area contributed by atoms with Crippen molar-refractivity contribution in [3.05, 3.63) is 101 Å². The van der Waals surface area contributed by atoms with Crippen LogP contribution in [0.1, 0.15) is 35.6 Å². The Balaban J connectivity index is 1.99. The van der Waals surface area contributed by atoms with Gasteiger partial charge in [-0.2, -0.15) is 13.2 Å². The van der Waals surface area contributed by atoms with Crippen LogP contribution in [0.15, 0.2) is 78.9 Å². The first-order valence-electron chi connectivity index (χ1n) is 11.4. The summed E-state index contributed by atoms with van der Waals surface area (Å²) in [5, 5.41) is 8.74. The maximum atomic E-state index is 13.5. The normalized spacial score (nSPS) is 12.0. The van der Waals surface area contributed by atoms with Crippen molar-refractivity contribution >= 4 is 27.8 Å². The minimum atomic E-state index is -4.65. The number of hydrogen-bond acceptors (Lipinski definition) is 4. The zero-order chi connectivity index (χ0) is 27.1. The lowest BCUT2D eigenvalue weighted by Gasteiger charge is -2.27. The van der Waals surface area contributed by atoms with Crippen LogP contribution >= 0.6 is 0 Å². The van der Waals surface area contributed by atoms with Gasteiger partial charge in [0, 0.05) is 6.08 Å². The lowest BCUT2D eigenvalue weighted by molar-refractivity contribution is -0.137. The van der Waals surface area contributed by atoms with Crippen LogP contribution in [0.2, 0.25) is 0 Å². The van der Waals surface area contributed by atoms with Crippen LogP contribution in [-0.2, 0) is 34.1 Å². The molecule has 0 radical (unpaired) electrons. The zero-order valence-electron chi connectivity index (χ0n) is 20.0. The standard InChI is InChI=1S/C27H26F3NO5S/c1-2-16-37(34,35)31(18-21-6-4-3-5-7-21)24-14-13-23(27(28,29)30)17-25(24)36-19-22-10-8-20(9-11-22)12-15-26(32)33/h3-15,17H,2,16,18-19H2,1H3,(H,32,33)/b15-12+. The van der Waals surface area contributed by atoms with Crippen molar-refractivity contribution in [2.45, 2.75) is 32.7 Å². The van der Waals surface area contributed by atoms with E-state index in [9.17, 15) is 26.4 Å². The Hall–Kier alpha value is -3.79. The number of rotatable bonds is 11. The number of hydrogen-bond donors (Lipinski definition) is 1. The molecule has 0 saturated heterocycles. The molecule has 0 amide bonds. The Morgan fingerprint density at radius 3 is 2.27 bits per heavy atom.